The first-order valence-corrected chi connectivity index (χ1v) is 40.8. The maximum Gasteiger partial charge on any atom is 0.408 e. The number of hydrogen-bond acceptors (Lipinski definition) is 22. The molecule has 2 unspecified atom stereocenters. The number of carbonyl (C=O) groups is 7. The van der Waals surface area contributed by atoms with Gasteiger partial charge in [0.25, 0.3) is 0 Å². The molecular formula is C90H111ClFN11O16S. The number of thiophene rings is 1. The third-order valence-corrected chi connectivity index (χ3v) is 21.0. The van der Waals surface area contributed by atoms with E-state index in [1.54, 1.807) is 177 Å². The van der Waals surface area contributed by atoms with Crippen LogP contribution in [-0.4, -0.2) is 207 Å². The van der Waals surface area contributed by atoms with E-state index in [0.717, 1.165) is 5.56 Å². The van der Waals surface area contributed by atoms with Crippen molar-refractivity contribution in [3.05, 3.63) is 195 Å². The standard InChI is InChI=1S/C90H111ClFN11O16S/c1-56(2)80(99-87(110)119-90(10,11)12)84(108)96-48-73(104)97-64-33-30-61(62(46-64)49-100(14)74(105)50-102(51-75(106)117-88(4,5)6)52-76(107)118-89(7,8)9)53-103(15)43-40-101(41-44-103)42-45-113-71-37-36-67(57(3)79(71)91)77-78(85(94-13)120-81(77)59-28-31-63(92)32-29-59)82(93)116-72(86(109)115-54-58-26-34-66(111-16)35-27-58)47-60-22-18-20-24-69(60)114-55-65-38-39-95-83(98-65)68-23-19-21-25-70(68)112-17/h18-39,46,56,72,80H,40-45,47-55H2,1-17H3,(H4-,93,94,96,97,99,104,108,110). The number of quaternary nitrogens is 1. The van der Waals surface area contributed by atoms with Crippen LogP contribution in [0.5, 0.6) is 23.0 Å². The lowest BCUT2D eigenvalue weighted by atomic mass is 9.94. The van der Waals surface area contributed by atoms with Gasteiger partial charge in [0.15, 0.2) is 5.82 Å². The molecule has 642 valence electrons. The summed E-state index contributed by atoms with van der Waals surface area (Å²) in [5, 5.41) is 23.5. The molecule has 1 fully saturated rings. The lowest BCUT2D eigenvalue weighted by Gasteiger charge is -2.42. The van der Waals surface area contributed by atoms with E-state index in [0.29, 0.717) is 143 Å². The van der Waals surface area contributed by atoms with E-state index in [1.807, 2.05) is 61.5 Å². The average molecular weight is 1690 g/mol. The highest BCUT2D eigenvalue weighted by atomic mass is 35.5. The Kier molecular flexibility index (Phi) is 32.1. The number of aromatic nitrogens is 2. The van der Waals surface area contributed by atoms with Gasteiger partial charge in [-0.2, -0.15) is 11.3 Å². The number of hydrogen-bond donors (Lipinski definition) is 4. The Labute approximate surface area is 710 Å². The highest BCUT2D eigenvalue weighted by Gasteiger charge is 2.35. The van der Waals surface area contributed by atoms with E-state index in [9.17, 15) is 43.4 Å². The average Bonchev–Trinajstić information content (AvgIpc) is 1.61. The normalized spacial score (nSPS) is 13.4. The fraction of sp³-hybridized carbons (Fsp3) is 0.422. The van der Waals surface area contributed by atoms with Crippen LogP contribution < -0.4 is 34.9 Å². The molecule has 9 rings (SSSR count). The minimum absolute atomic E-state index is 0.0301. The van der Waals surface area contributed by atoms with Crippen molar-refractivity contribution in [2.24, 2.45) is 5.92 Å². The monoisotopic (exact) mass is 1690 g/mol. The fourth-order valence-electron chi connectivity index (χ4n) is 13.3. The number of methoxy groups -OCH3 is 2. The number of halogens is 2. The molecule has 27 nitrogen and oxygen atoms in total. The van der Waals surface area contributed by atoms with Gasteiger partial charge in [0.05, 0.1) is 76.8 Å². The first-order valence-electron chi connectivity index (χ1n) is 39.6. The number of likely N-dealkylation sites (N-methyl/N-ethyl adjacent to an activating group) is 2. The van der Waals surface area contributed by atoms with Crippen molar-refractivity contribution in [3.8, 4) is 56.0 Å². The fourth-order valence-corrected chi connectivity index (χ4v) is 14.7. The summed E-state index contributed by atoms with van der Waals surface area (Å²) in [5.41, 5.74) is 4.59. The Morgan fingerprint density at radius 3 is 2.02 bits per heavy atom. The molecule has 1 saturated heterocycles. The molecule has 2 atom stereocenters. The topological polar surface area (TPSA) is 312 Å². The van der Waals surface area contributed by atoms with Gasteiger partial charge in [0, 0.05) is 73.1 Å². The molecule has 30 heteroatoms. The molecule has 0 aliphatic carbocycles. The number of rotatable bonds is 36. The number of carbonyl (C=O) groups excluding carboxylic acids is 7. The maximum atomic E-state index is 14.8. The number of esters is 3. The zero-order valence-corrected chi connectivity index (χ0v) is 73.0. The van der Waals surface area contributed by atoms with Crippen LogP contribution in [0.2, 0.25) is 5.02 Å². The van der Waals surface area contributed by atoms with Crippen LogP contribution in [0.25, 0.3) is 38.3 Å². The van der Waals surface area contributed by atoms with E-state index in [2.05, 4.69) is 38.2 Å². The second kappa shape index (κ2) is 41.6. The number of para-hydroxylation sites is 2. The molecule has 4 N–H and O–H groups in total. The van der Waals surface area contributed by atoms with Crippen molar-refractivity contribution in [2.75, 3.05) is 106 Å². The van der Waals surface area contributed by atoms with Gasteiger partial charge >= 0.3 is 24.0 Å². The molecule has 6 aromatic carbocycles. The number of anilines is 1. The zero-order valence-electron chi connectivity index (χ0n) is 71.4. The second-order valence-corrected chi connectivity index (χ2v) is 34.3. The van der Waals surface area contributed by atoms with Gasteiger partial charge in [0.2, 0.25) is 29.7 Å². The molecule has 3 heterocycles. The predicted octanol–water partition coefficient (Wildman–Crippen LogP) is 14.5. The Balaban J connectivity index is 0.919. The molecule has 1 aliphatic heterocycles. The SMILES string of the molecule is C[N-]c1sc(-c2ccc(F)cc2)c(-c2ccc(OCCN3CC[N+](C)(Cc4ccc(NC(=O)CNC(=O)C(NC(=O)OC(C)(C)C)C(C)C)cc4CN(C)C(=O)CN(CC(=O)OC(C)(C)C)CC(=O)OC(C)(C)C)CC3)c(Cl)c2C)c1C(=N)OC(Cc1ccccc1OCc1ccnc(-c2ccccc2OC)n1)C(=O)OCc1ccc(OC)cc1. The van der Waals surface area contributed by atoms with Crippen LogP contribution in [-0.2, 0) is 85.2 Å². The van der Waals surface area contributed by atoms with Crippen molar-refractivity contribution < 1.29 is 85.1 Å². The lowest BCUT2D eigenvalue weighted by Crippen LogP contribution is -2.57. The number of piperazine rings is 1. The molecule has 0 bridgehead atoms. The first-order chi connectivity index (χ1) is 56.8. The van der Waals surface area contributed by atoms with Crippen LogP contribution in [0.4, 0.5) is 19.9 Å². The van der Waals surface area contributed by atoms with Crippen molar-refractivity contribution in [2.45, 2.75) is 145 Å². The number of alkyl carbamates (subject to hydrolysis) is 1. The summed E-state index contributed by atoms with van der Waals surface area (Å²) in [7, 11) is 8.51. The van der Waals surface area contributed by atoms with E-state index in [4.69, 9.17) is 59.2 Å². The van der Waals surface area contributed by atoms with Crippen molar-refractivity contribution >= 4 is 81.2 Å². The quantitative estimate of drug-likeness (QED) is 0.00932. The maximum absolute atomic E-state index is 14.8. The highest BCUT2D eigenvalue weighted by molar-refractivity contribution is 7.20. The molecule has 120 heavy (non-hydrogen) atoms. The zero-order chi connectivity index (χ0) is 87.4. The molecule has 0 spiro atoms. The first kappa shape index (κ1) is 92.6. The Hall–Kier alpha value is -11.2. The molecule has 0 radical (unpaired) electrons. The Morgan fingerprint density at radius 2 is 1.38 bits per heavy atom. The lowest BCUT2D eigenvalue weighted by molar-refractivity contribution is -0.926. The van der Waals surface area contributed by atoms with Gasteiger partial charge in [-0.05, 0) is 175 Å². The highest BCUT2D eigenvalue weighted by Crippen LogP contribution is 2.51. The molecule has 0 saturated carbocycles. The van der Waals surface area contributed by atoms with E-state index < -0.39 is 88.9 Å². The number of amides is 4. The van der Waals surface area contributed by atoms with Crippen molar-refractivity contribution in [1.82, 2.24) is 35.3 Å². The Bertz CT molecular complexity index is 4890. The van der Waals surface area contributed by atoms with E-state index in [1.165, 1.54) is 33.3 Å². The summed E-state index contributed by atoms with van der Waals surface area (Å²) in [6.07, 6.45) is -0.664. The van der Waals surface area contributed by atoms with Crippen LogP contribution in [0.3, 0.4) is 0 Å². The van der Waals surface area contributed by atoms with Crippen LogP contribution in [0, 0.1) is 24.1 Å². The number of ether oxygens (including phenoxy) is 9. The van der Waals surface area contributed by atoms with E-state index in [-0.39, 0.29) is 63.9 Å². The molecule has 4 amide bonds. The Morgan fingerprint density at radius 1 is 0.733 bits per heavy atom. The molecular weight excluding hydrogens is 1580 g/mol. The van der Waals surface area contributed by atoms with Gasteiger partial charge < -0.3 is 73.3 Å². The number of benzene rings is 6. The van der Waals surface area contributed by atoms with Gasteiger partial charge in [-0.3, -0.25) is 39.2 Å². The van der Waals surface area contributed by atoms with Gasteiger partial charge in [-0.25, -0.2) is 23.9 Å². The third kappa shape index (κ3) is 27.1. The van der Waals surface area contributed by atoms with Crippen LogP contribution >= 0.6 is 22.9 Å². The van der Waals surface area contributed by atoms with Crippen LogP contribution in [0.1, 0.15) is 115 Å². The molecule has 8 aromatic rings. The summed E-state index contributed by atoms with van der Waals surface area (Å²) in [6, 6.07) is 37.5. The van der Waals surface area contributed by atoms with Crippen molar-refractivity contribution in [1.29, 1.82) is 5.41 Å². The van der Waals surface area contributed by atoms with E-state index >= 15 is 0 Å². The summed E-state index contributed by atoms with van der Waals surface area (Å²) in [6.45, 7) is 23.4. The smallest absolute Gasteiger partial charge is 0.408 e. The van der Waals surface area contributed by atoms with Gasteiger partial charge in [-0.1, -0.05) is 97.2 Å². The second-order valence-electron chi connectivity index (χ2n) is 32.9. The van der Waals surface area contributed by atoms with Gasteiger partial charge in [0.1, 0.15) is 78.0 Å². The predicted molar refractivity (Wildman–Crippen MR) is 459 cm³/mol. The molecule has 2 aromatic heterocycles. The van der Waals surface area contributed by atoms with Gasteiger partial charge in [-0.15, -0.1) is 7.05 Å². The summed E-state index contributed by atoms with van der Waals surface area (Å²) >= 11 is 8.65. The minimum atomic E-state index is -1.43. The minimum Gasteiger partial charge on any atom is -0.678 e. The summed E-state index contributed by atoms with van der Waals surface area (Å²) in [4.78, 5) is 110. The number of nitrogens with zero attached hydrogens (tertiary/aromatic N) is 7. The number of nitrogens with one attached hydrogen (secondary N) is 4. The summed E-state index contributed by atoms with van der Waals surface area (Å²) in [5.74, 6) is -2.27. The summed E-state index contributed by atoms with van der Waals surface area (Å²) < 4.78 is 68.5. The molecule has 1 aliphatic rings. The van der Waals surface area contributed by atoms with Crippen LogP contribution in [0.15, 0.2) is 140 Å². The largest absolute Gasteiger partial charge is 0.678 e. The van der Waals surface area contributed by atoms with Crippen molar-refractivity contribution in [3.63, 3.8) is 0 Å². The third-order valence-electron chi connectivity index (χ3n) is 19.3.